The van der Waals surface area contributed by atoms with Crippen LogP contribution in [0.15, 0.2) is 18.2 Å². The Morgan fingerprint density at radius 1 is 1.39 bits per heavy atom. The van der Waals surface area contributed by atoms with Gasteiger partial charge in [-0.05, 0) is 44.4 Å². The van der Waals surface area contributed by atoms with E-state index in [1.165, 1.54) is 12.8 Å². The first-order valence-electron chi connectivity index (χ1n) is 6.41. The predicted molar refractivity (Wildman–Crippen MR) is 76.4 cm³/mol. The van der Waals surface area contributed by atoms with E-state index in [4.69, 9.17) is 27.9 Å². The fourth-order valence-electron chi connectivity index (χ4n) is 2.38. The molecule has 0 saturated heterocycles. The molecule has 4 heteroatoms. The molecule has 1 aliphatic carbocycles. The van der Waals surface area contributed by atoms with Crippen LogP contribution in [-0.4, -0.2) is 19.8 Å². The Balaban J connectivity index is 2.28. The van der Waals surface area contributed by atoms with Gasteiger partial charge in [-0.25, -0.2) is 0 Å². The molecule has 2 rings (SSSR count). The highest BCUT2D eigenvalue weighted by atomic mass is 35.5. The Morgan fingerprint density at radius 2 is 2.11 bits per heavy atom. The number of hydrogen-bond donors (Lipinski definition) is 1. The highest BCUT2D eigenvalue weighted by Gasteiger charge is 2.38. The largest absolute Gasteiger partial charge is 0.376 e. The van der Waals surface area contributed by atoms with Crippen LogP contribution in [0.3, 0.4) is 0 Å². The minimum Gasteiger partial charge on any atom is -0.376 e. The van der Waals surface area contributed by atoms with E-state index in [2.05, 4.69) is 5.32 Å². The third kappa shape index (κ3) is 3.00. The van der Waals surface area contributed by atoms with Crippen LogP contribution in [0.5, 0.6) is 0 Å². The van der Waals surface area contributed by atoms with Crippen molar-refractivity contribution in [2.75, 3.05) is 13.7 Å². The second-order valence-electron chi connectivity index (χ2n) is 4.67. The van der Waals surface area contributed by atoms with Crippen molar-refractivity contribution >= 4 is 23.2 Å². The summed E-state index contributed by atoms with van der Waals surface area (Å²) < 4.78 is 5.90. The van der Waals surface area contributed by atoms with Crippen LogP contribution in [0.25, 0.3) is 0 Å². The van der Waals surface area contributed by atoms with Crippen molar-refractivity contribution in [2.45, 2.75) is 31.9 Å². The summed E-state index contributed by atoms with van der Waals surface area (Å²) in [5.74, 6) is 0.637. The van der Waals surface area contributed by atoms with Gasteiger partial charge in [0.15, 0.2) is 0 Å². The lowest BCUT2D eigenvalue weighted by Gasteiger charge is -2.28. The molecular weight excluding hydrogens is 269 g/mol. The van der Waals surface area contributed by atoms with E-state index >= 15 is 0 Å². The second-order valence-corrected chi connectivity index (χ2v) is 5.45. The van der Waals surface area contributed by atoms with Gasteiger partial charge in [0.05, 0.1) is 22.2 Å². The molecule has 100 valence electrons. The molecule has 1 aromatic carbocycles. The molecule has 0 aromatic heterocycles. The van der Waals surface area contributed by atoms with E-state index in [1.54, 1.807) is 0 Å². The smallest absolute Gasteiger partial charge is 0.0798 e. The highest BCUT2D eigenvalue weighted by Crippen LogP contribution is 2.42. The summed E-state index contributed by atoms with van der Waals surface area (Å²) in [5.41, 5.74) is 1.03. The first kappa shape index (κ1) is 14.1. The van der Waals surface area contributed by atoms with Crippen LogP contribution in [-0.2, 0) is 4.74 Å². The van der Waals surface area contributed by atoms with Crippen LogP contribution in [0.4, 0.5) is 0 Å². The summed E-state index contributed by atoms with van der Waals surface area (Å²) in [6.07, 6.45) is 2.65. The Kier molecular flexibility index (Phi) is 4.91. The van der Waals surface area contributed by atoms with Gasteiger partial charge in [0.25, 0.3) is 0 Å². The summed E-state index contributed by atoms with van der Waals surface area (Å²) >= 11 is 12.4. The fraction of sp³-hybridized carbons (Fsp3) is 0.571. The zero-order valence-corrected chi connectivity index (χ0v) is 12.3. The SMILES string of the molecule is CCOC(C1CC1)C(NC)c1cccc(Cl)c1Cl. The van der Waals surface area contributed by atoms with Gasteiger partial charge in [-0.3, -0.25) is 0 Å². The monoisotopic (exact) mass is 287 g/mol. The van der Waals surface area contributed by atoms with Gasteiger partial charge in [0, 0.05) is 6.61 Å². The van der Waals surface area contributed by atoms with Crippen LogP contribution in [0, 0.1) is 5.92 Å². The maximum absolute atomic E-state index is 6.31. The Labute approximate surface area is 119 Å². The summed E-state index contributed by atoms with van der Waals surface area (Å²) in [5, 5.41) is 4.55. The lowest BCUT2D eigenvalue weighted by molar-refractivity contribution is 0.0205. The molecule has 0 spiro atoms. The molecule has 1 aromatic rings. The molecule has 18 heavy (non-hydrogen) atoms. The first-order valence-corrected chi connectivity index (χ1v) is 7.17. The van der Waals surface area contributed by atoms with Crippen LogP contribution >= 0.6 is 23.2 Å². The Bertz CT molecular complexity index is 407. The lowest BCUT2D eigenvalue weighted by atomic mass is 9.98. The molecule has 0 heterocycles. The highest BCUT2D eigenvalue weighted by molar-refractivity contribution is 6.42. The van der Waals surface area contributed by atoms with Gasteiger partial charge in [0.1, 0.15) is 0 Å². The standard InChI is InChI=1S/C14H19Cl2NO/c1-3-18-14(9-7-8-9)13(17-2)10-5-4-6-11(15)12(10)16/h4-6,9,13-14,17H,3,7-8H2,1-2H3. The van der Waals surface area contributed by atoms with E-state index in [-0.39, 0.29) is 12.1 Å². The number of nitrogens with one attached hydrogen (secondary N) is 1. The average Bonchev–Trinajstić information content (AvgIpc) is 3.18. The second kappa shape index (κ2) is 6.25. The van der Waals surface area contributed by atoms with Crippen molar-refractivity contribution in [2.24, 2.45) is 5.92 Å². The zero-order chi connectivity index (χ0) is 13.1. The number of halogens is 2. The van der Waals surface area contributed by atoms with Gasteiger partial charge in [-0.1, -0.05) is 35.3 Å². The minimum absolute atomic E-state index is 0.101. The maximum Gasteiger partial charge on any atom is 0.0798 e. The molecule has 0 amide bonds. The van der Waals surface area contributed by atoms with Crippen molar-refractivity contribution < 1.29 is 4.74 Å². The number of likely N-dealkylation sites (N-methyl/N-ethyl adjacent to an activating group) is 1. The third-order valence-corrected chi connectivity index (χ3v) is 4.24. The maximum atomic E-state index is 6.31. The van der Waals surface area contributed by atoms with Gasteiger partial charge < -0.3 is 10.1 Å². The van der Waals surface area contributed by atoms with Gasteiger partial charge in [-0.15, -0.1) is 0 Å². The fourth-order valence-corrected chi connectivity index (χ4v) is 2.80. The van der Waals surface area contributed by atoms with Crippen LogP contribution in [0.2, 0.25) is 10.0 Å². The van der Waals surface area contributed by atoms with E-state index in [0.717, 1.165) is 12.2 Å². The van der Waals surface area contributed by atoms with Crippen molar-refractivity contribution in [1.29, 1.82) is 0 Å². The quantitative estimate of drug-likeness (QED) is 0.852. The Hall–Kier alpha value is -0.280. The summed E-state index contributed by atoms with van der Waals surface area (Å²) in [4.78, 5) is 0. The molecule has 1 N–H and O–H groups in total. The van der Waals surface area contributed by atoms with Crippen molar-refractivity contribution in [3.8, 4) is 0 Å². The molecule has 1 aliphatic rings. The number of rotatable bonds is 6. The van der Waals surface area contributed by atoms with Crippen molar-refractivity contribution in [1.82, 2.24) is 5.32 Å². The number of benzene rings is 1. The minimum atomic E-state index is 0.101. The van der Waals surface area contributed by atoms with Gasteiger partial charge in [-0.2, -0.15) is 0 Å². The first-order chi connectivity index (χ1) is 8.69. The summed E-state index contributed by atoms with van der Waals surface area (Å²) in [6, 6.07) is 5.86. The summed E-state index contributed by atoms with van der Waals surface area (Å²) in [7, 11) is 1.94. The molecular formula is C14H19Cl2NO. The molecule has 2 nitrogen and oxygen atoms in total. The predicted octanol–water partition coefficient (Wildman–Crippen LogP) is 4.07. The lowest BCUT2D eigenvalue weighted by Crippen LogP contribution is -2.33. The van der Waals surface area contributed by atoms with E-state index in [0.29, 0.717) is 16.0 Å². The molecule has 0 aliphatic heterocycles. The normalized spacial score (nSPS) is 18.7. The molecule has 0 radical (unpaired) electrons. The molecule has 2 unspecified atom stereocenters. The van der Waals surface area contributed by atoms with Crippen LogP contribution < -0.4 is 5.32 Å². The molecule has 1 fully saturated rings. The van der Waals surface area contributed by atoms with E-state index in [1.807, 2.05) is 32.2 Å². The third-order valence-electron chi connectivity index (χ3n) is 3.40. The molecule has 1 saturated carbocycles. The average molecular weight is 288 g/mol. The zero-order valence-electron chi connectivity index (χ0n) is 10.7. The number of hydrogen-bond acceptors (Lipinski definition) is 2. The molecule has 0 bridgehead atoms. The molecule has 2 atom stereocenters. The van der Waals surface area contributed by atoms with Crippen molar-refractivity contribution in [3.05, 3.63) is 33.8 Å². The number of ether oxygens (including phenoxy) is 1. The van der Waals surface area contributed by atoms with E-state index in [9.17, 15) is 0 Å². The topological polar surface area (TPSA) is 21.3 Å². The summed E-state index contributed by atoms with van der Waals surface area (Å²) in [6.45, 7) is 2.75. The van der Waals surface area contributed by atoms with E-state index < -0.39 is 0 Å². The van der Waals surface area contributed by atoms with Gasteiger partial charge in [0.2, 0.25) is 0 Å². The van der Waals surface area contributed by atoms with Gasteiger partial charge >= 0.3 is 0 Å². The van der Waals surface area contributed by atoms with Crippen molar-refractivity contribution in [3.63, 3.8) is 0 Å². The van der Waals surface area contributed by atoms with Crippen LogP contribution in [0.1, 0.15) is 31.4 Å². The Morgan fingerprint density at radius 3 is 2.67 bits per heavy atom.